The summed E-state index contributed by atoms with van der Waals surface area (Å²) in [6, 6.07) is 0. The number of aryl methyl sites for hydroxylation is 1. The van der Waals surface area contributed by atoms with E-state index in [4.69, 9.17) is 5.73 Å². The first kappa shape index (κ1) is 12.8. The molecule has 0 aliphatic carbocycles. The minimum Gasteiger partial charge on any atom is -0.389 e. The van der Waals surface area contributed by atoms with Crippen LogP contribution in [0.5, 0.6) is 0 Å². The molecule has 3 N–H and O–H groups in total. The number of nitrogens with two attached hydrogens (primary N) is 1. The summed E-state index contributed by atoms with van der Waals surface area (Å²) in [5.74, 6) is 0.920. The maximum Gasteiger partial charge on any atom is 0.181 e. The summed E-state index contributed by atoms with van der Waals surface area (Å²) in [7, 11) is 0. The van der Waals surface area contributed by atoms with E-state index < -0.39 is 5.60 Å². The third kappa shape index (κ3) is 3.36. The fraction of sp³-hybridized carbons (Fsp3) is 0.700. The molecule has 0 radical (unpaired) electrons. The zero-order valence-corrected chi connectivity index (χ0v) is 11.2. The second-order valence-corrected chi connectivity index (χ2v) is 6.50. The quantitative estimate of drug-likeness (QED) is 0.802. The van der Waals surface area contributed by atoms with Crippen molar-refractivity contribution in [1.29, 1.82) is 0 Å². The van der Waals surface area contributed by atoms with Gasteiger partial charge in [-0.3, -0.25) is 0 Å². The number of thiazole rings is 1. The summed E-state index contributed by atoms with van der Waals surface area (Å²) < 4.78 is 1.11. The molecule has 0 aliphatic heterocycles. The van der Waals surface area contributed by atoms with E-state index in [1.54, 1.807) is 11.8 Å². The van der Waals surface area contributed by atoms with Crippen LogP contribution in [-0.4, -0.2) is 21.4 Å². The van der Waals surface area contributed by atoms with E-state index in [0.717, 1.165) is 9.90 Å². The Bertz CT molecular complexity index is 334. The molecule has 0 bridgehead atoms. The Labute approximate surface area is 99.1 Å². The lowest BCUT2D eigenvalue weighted by atomic mass is 9.95. The van der Waals surface area contributed by atoms with Crippen molar-refractivity contribution in [2.24, 2.45) is 5.92 Å². The van der Waals surface area contributed by atoms with E-state index >= 15 is 0 Å². The Morgan fingerprint density at radius 1 is 1.60 bits per heavy atom. The van der Waals surface area contributed by atoms with Gasteiger partial charge in [0, 0.05) is 5.75 Å². The molecular formula is C10H18N2OS2. The molecule has 1 rings (SSSR count). The van der Waals surface area contributed by atoms with E-state index in [1.807, 2.05) is 27.7 Å². The molecule has 1 atom stereocenters. The minimum absolute atomic E-state index is 0.246. The van der Waals surface area contributed by atoms with Gasteiger partial charge in [0.25, 0.3) is 0 Å². The molecule has 1 unspecified atom stereocenters. The summed E-state index contributed by atoms with van der Waals surface area (Å²) in [6.45, 7) is 7.85. The number of rotatable bonds is 4. The highest BCUT2D eigenvalue weighted by atomic mass is 32.2. The van der Waals surface area contributed by atoms with Crippen LogP contribution in [0.3, 0.4) is 0 Å². The van der Waals surface area contributed by atoms with Crippen molar-refractivity contribution in [2.75, 3.05) is 11.5 Å². The number of anilines is 1. The Kier molecular flexibility index (Phi) is 4.03. The van der Waals surface area contributed by atoms with Crippen molar-refractivity contribution in [1.82, 2.24) is 4.98 Å². The Hall–Kier alpha value is -0.260. The Morgan fingerprint density at radius 2 is 2.20 bits per heavy atom. The van der Waals surface area contributed by atoms with Gasteiger partial charge in [-0.2, -0.15) is 0 Å². The van der Waals surface area contributed by atoms with Crippen molar-refractivity contribution < 1.29 is 5.11 Å². The summed E-state index contributed by atoms with van der Waals surface area (Å²) >= 11 is 3.11. The van der Waals surface area contributed by atoms with Crippen molar-refractivity contribution in [3.05, 3.63) is 5.69 Å². The zero-order valence-electron chi connectivity index (χ0n) is 9.57. The molecule has 5 heteroatoms. The molecule has 1 heterocycles. The topological polar surface area (TPSA) is 59.1 Å². The molecule has 15 heavy (non-hydrogen) atoms. The lowest BCUT2D eigenvalue weighted by molar-refractivity contribution is 0.0376. The normalized spacial score (nSPS) is 15.6. The average molecular weight is 246 g/mol. The Morgan fingerprint density at radius 3 is 2.60 bits per heavy atom. The van der Waals surface area contributed by atoms with Crippen LogP contribution in [-0.2, 0) is 0 Å². The van der Waals surface area contributed by atoms with Crippen LogP contribution >= 0.6 is 23.1 Å². The first-order chi connectivity index (χ1) is 6.83. The predicted molar refractivity (Wildman–Crippen MR) is 67.4 cm³/mol. The van der Waals surface area contributed by atoms with Gasteiger partial charge in [-0.05, 0) is 19.8 Å². The number of aliphatic hydroxyl groups is 1. The molecule has 1 aromatic heterocycles. The number of hydrogen-bond donors (Lipinski definition) is 2. The smallest absolute Gasteiger partial charge is 0.181 e. The van der Waals surface area contributed by atoms with Crippen LogP contribution < -0.4 is 5.73 Å². The molecule has 0 saturated heterocycles. The number of aromatic nitrogens is 1. The monoisotopic (exact) mass is 246 g/mol. The van der Waals surface area contributed by atoms with Gasteiger partial charge in [-0.15, -0.1) is 11.8 Å². The molecule has 0 spiro atoms. The van der Waals surface area contributed by atoms with Gasteiger partial charge in [-0.1, -0.05) is 25.2 Å². The summed E-state index contributed by atoms with van der Waals surface area (Å²) in [6.07, 6.45) is 0. The van der Waals surface area contributed by atoms with E-state index in [9.17, 15) is 5.11 Å². The third-order valence-electron chi connectivity index (χ3n) is 2.51. The molecule has 86 valence electrons. The lowest BCUT2D eigenvalue weighted by Crippen LogP contribution is -2.33. The van der Waals surface area contributed by atoms with Crippen LogP contribution in [0.15, 0.2) is 4.21 Å². The van der Waals surface area contributed by atoms with E-state index in [2.05, 4.69) is 4.98 Å². The third-order valence-corrected chi connectivity index (χ3v) is 5.18. The van der Waals surface area contributed by atoms with E-state index in [1.165, 1.54) is 11.3 Å². The zero-order chi connectivity index (χ0) is 11.6. The summed E-state index contributed by atoms with van der Waals surface area (Å²) in [4.78, 5) is 4.15. The minimum atomic E-state index is -0.643. The van der Waals surface area contributed by atoms with Gasteiger partial charge in [0.2, 0.25) is 0 Å². The molecule has 0 aromatic carbocycles. The van der Waals surface area contributed by atoms with Gasteiger partial charge in [0.05, 0.1) is 15.5 Å². The number of hydrogen-bond acceptors (Lipinski definition) is 5. The van der Waals surface area contributed by atoms with Gasteiger partial charge in [0.15, 0.2) is 5.13 Å². The van der Waals surface area contributed by atoms with Crippen LogP contribution in [0.2, 0.25) is 0 Å². The van der Waals surface area contributed by atoms with Crippen LogP contribution in [0.1, 0.15) is 26.5 Å². The number of nitrogens with zero attached hydrogens (tertiary/aromatic N) is 1. The predicted octanol–water partition coefficient (Wildman–Crippen LogP) is 2.53. The van der Waals surface area contributed by atoms with Crippen molar-refractivity contribution in [3.8, 4) is 0 Å². The highest BCUT2D eigenvalue weighted by molar-refractivity contribution is 8.01. The highest BCUT2D eigenvalue weighted by Gasteiger charge is 2.25. The first-order valence-corrected chi connectivity index (χ1v) is 6.71. The van der Waals surface area contributed by atoms with Gasteiger partial charge < -0.3 is 10.8 Å². The molecule has 0 fully saturated rings. The second kappa shape index (κ2) is 4.72. The van der Waals surface area contributed by atoms with Crippen LogP contribution in [0.25, 0.3) is 0 Å². The van der Waals surface area contributed by atoms with Gasteiger partial charge in [-0.25, -0.2) is 4.98 Å². The lowest BCUT2D eigenvalue weighted by Gasteiger charge is -2.26. The summed E-state index contributed by atoms with van der Waals surface area (Å²) in [5, 5.41) is 10.7. The molecule has 0 aliphatic rings. The average Bonchev–Trinajstić information content (AvgIpc) is 2.41. The summed E-state index contributed by atoms with van der Waals surface area (Å²) in [5.41, 5.74) is 5.93. The van der Waals surface area contributed by atoms with E-state index in [0.29, 0.717) is 10.9 Å². The highest BCUT2D eigenvalue weighted by Crippen LogP contribution is 2.34. The van der Waals surface area contributed by atoms with Crippen molar-refractivity contribution >= 4 is 28.2 Å². The first-order valence-electron chi connectivity index (χ1n) is 4.91. The van der Waals surface area contributed by atoms with E-state index in [-0.39, 0.29) is 5.92 Å². The van der Waals surface area contributed by atoms with Crippen LogP contribution in [0, 0.1) is 12.8 Å². The maximum absolute atomic E-state index is 10.1. The standard InChI is InChI=1S/C10H18N2OS2/c1-6(2)10(4,13)5-14-8-7(3)12-9(11)15-8/h6,13H,5H2,1-4H3,(H2,11,12). The van der Waals surface area contributed by atoms with Crippen LogP contribution in [0.4, 0.5) is 5.13 Å². The molecule has 1 aromatic rings. The molecule has 0 amide bonds. The maximum atomic E-state index is 10.1. The molecule has 3 nitrogen and oxygen atoms in total. The fourth-order valence-electron chi connectivity index (χ4n) is 0.915. The largest absolute Gasteiger partial charge is 0.389 e. The number of nitrogen functional groups attached to an aromatic ring is 1. The Balaban J connectivity index is 2.61. The molecule has 0 saturated carbocycles. The number of thioether (sulfide) groups is 1. The fourth-order valence-corrected chi connectivity index (χ4v) is 3.16. The molecular weight excluding hydrogens is 228 g/mol. The van der Waals surface area contributed by atoms with Gasteiger partial charge >= 0.3 is 0 Å². The van der Waals surface area contributed by atoms with Gasteiger partial charge in [0.1, 0.15) is 0 Å². The van der Waals surface area contributed by atoms with Crippen molar-refractivity contribution in [2.45, 2.75) is 37.5 Å². The SMILES string of the molecule is Cc1nc(N)sc1SCC(C)(O)C(C)C. The van der Waals surface area contributed by atoms with Crippen molar-refractivity contribution in [3.63, 3.8) is 0 Å². The second-order valence-electron chi connectivity index (χ2n) is 4.23.